The molecule has 0 bridgehead atoms. The average molecular weight is 327 g/mol. The van der Waals surface area contributed by atoms with Crippen LogP contribution in [0.4, 0.5) is 10.5 Å². The number of benzene rings is 1. The Morgan fingerprint density at radius 2 is 1.68 bits per heavy atom. The van der Waals surface area contributed by atoms with E-state index in [4.69, 9.17) is 0 Å². The number of halogens is 1. The molecule has 2 N–H and O–H groups in total. The van der Waals surface area contributed by atoms with Crippen LogP contribution in [0.15, 0.2) is 23.2 Å². The molecule has 1 rings (SSSR count). The first-order valence-corrected chi connectivity index (χ1v) is 7.47. The van der Waals surface area contributed by atoms with Crippen molar-refractivity contribution >= 4 is 30.1 Å². The fraction of sp³-hybridized carbons (Fsp3) is 0.500. The lowest BCUT2D eigenvalue weighted by atomic mass is 10.1. The lowest BCUT2D eigenvalue weighted by Crippen LogP contribution is -2.45. The molecule has 0 aromatic heterocycles. The van der Waals surface area contributed by atoms with E-state index in [1.807, 2.05) is 57.7 Å². The Morgan fingerprint density at radius 3 is 2.14 bits per heavy atom. The zero-order chi connectivity index (χ0) is 15.8. The predicted octanol–water partition coefficient (Wildman–Crippen LogP) is 3.56. The van der Waals surface area contributed by atoms with Crippen LogP contribution >= 0.6 is 12.4 Å². The van der Waals surface area contributed by atoms with Crippen LogP contribution in [0.5, 0.6) is 0 Å². The highest BCUT2D eigenvalue weighted by Gasteiger charge is 2.12. The molecule has 0 spiro atoms. The highest BCUT2D eigenvalue weighted by Crippen LogP contribution is 2.19. The number of hydrogen-bond donors (Lipinski definition) is 2. The largest absolute Gasteiger partial charge is 0.343 e. The van der Waals surface area contributed by atoms with Gasteiger partial charge in [0.05, 0.1) is 0 Å². The molecular weight excluding hydrogens is 300 g/mol. The molecule has 5 nitrogen and oxygen atoms in total. The van der Waals surface area contributed by atoms with Gasteiger partial charge in [-0.05, 0) is 45.7 Å². The SMILES string of the molecule is CCN=C(NC(=O)Nc1c(C)cccc1C)N(CC)CC.Cl. The summed E-state index contributed by atoms with van der Waals surface area (Å²) in [7, 11) is 0. The third kappa shape index (κ3) is 5.56. The zero-order valence-corrected chi connectivity index (χ0v) is 14.9. The van der Waals surface area contributed by atoms with Gasteiger partial charge in [-0.2, -0.15) is 0 Å². The number of nitrogens with zero attached hydrogens (tertiary/aromatic N) is 2. The van der Waals surface area contributed by atoms with Crippen LogP contribution in [0.3, 0.4) is 0 Å². The van der Waals surface area contributed by atoms with Crippen molar-refractivity contribution in [3.8, 4) is 0 Å². The van der Waals surface area contributed by atoms with Gasteiger partial charge in [-0.25, -0.2) is 4.79 Å². The molecule has 0 radical (unpaired) electrons. The highest BCUT2D eigenvalue weighted by atomic mass is 35.5. The third-order valence-electron chi connectivity index (χ3n) is 3.32. The number of rotatable bonds is 4. The summed E-state index contributed by atoms with van der Waals surface area (Å²) in [4.78, 5) is 18.6. The van der Waals surface area contributed by atoms with E-state index < -0.39 is 0 Å². The molecule has 6 heteroatoms. The van der Waals surface area contributed by atoms with Gasteiger partial charge in [-0.3, -0.25) is 10.3 Å². The quantitative estimate of drug-likeness (QED) is 0.656. The number of aryl methyl sites for hydroxylation is 2. The molecule has 0 saturated carbocycles. The summed E-state index contributed by atoms with van der Waals surface area (Å²) in [6.45, 7) is 12.2. The van der Waals surface area contributed by atoms with Crippen LogP contribution in [0, 0.1) is 13.8 Å². The highest BCUT2D eigenvalue weighted by molar-refractivity contribution is 6.03. The molecule has 2 amide bonds. The molecule has 0 atom stereocenters. The number of aliphatic imine (C=N–C) groups is 1. The van der Waals surface area contributed by atoms with Gasteiger partial charge in [-0.15, -0.1) is 12.4 Å². The van der Waals surface area contributed by atoms with Gasteiger partial charge >= 0.3 is 6.03 Å². The minimum atomic E-state index is -0.258. The van der Waals surface area contributed by atoms with E-state index in [-0.39, 0.29) is 18.4 Å². The number of anilines is 1. The molecule has 0 saturated heterocycles. The van der Waals surface area contributed by atoms with Crippen LogP contribution in [0.1, 0.15) is 31.9 Å². The second-order valence-electron chi connectivity index (χ2n) is 4.82. The maximum atomic E-state index is 12.2. The summed E-state index contributed by atoms with van der Waals surface area (Å²) >= 11 is 0. The summed E-state index contributed by atoms with van der Waals surface area (Å²) in [5.74, 6) is 0.617. The molecule has 1 aromatic rings. The van der Waals surface area contributed by atoms with Crippen molar-refractivity contribution in [2.45, 2.75) is 34.6 Å². The van der Waals surface area contributed by atoms with Crippen molar-refractivity contribution in [3.05, 3.63) is 29.3 Å². The summed E-state index contributed by atoms with van der Waals surface area (Å²) in [5.41, 5.74) is 2.94. The number of carbonyl (C=O) groups is 1. The standard InChI is InChI=1S/C16H26N4O.ClH/c1-6-17-15(20(7-2)8-3)19-16(21)18-14-12(4)10-9-11-13(14)5;/h9-11H,6-8H2,1-5H3,(H2,17,18,19,21);1H. The van der Waals surface area contributed by atoms with E-state index in [9.17, 15) is 4.79 Å². The van der Waals surface area contributed by atoms with E-state index in [0.717, 1.165) is 29.9 Å². The Kier molecular flexibility index (Phi) is 9.26. The molecule has 0 aliphatic heterocycles. The van der Waals surface area contributed by atoms with Crippen molar-refractivity contribution < 1.29 is 4.79 Å². The predicted molar refractivity (Wildman–Crippen MR) is 96.2 cm³/mol. The lowest BCUT2D eigenvalue weighted by Gasteiger charge is -2.23. The van der Waals surface area contributed by atoms with E-state index in [0.29, 0.717) is 12.5 Å². The Hall–Kier alpha value is -1.75. The topological polar surface area (TPSA) is 56.7 Å². The number of guanidine groups is 1. The average Bonchev–Trinajstić information content (AvgIpc) is 2.44. The molecule has 0 fully saturated rings. The van der Waals surface area contributed by atoms with Crippen LogP contribution in [-0.2, 0) is 0 Å². The van der Waals surface area contributed by atoms with Crippen molar-refractivity contribution in [2.24, 2.45) is 4.99 Å². The number of nitrogens with one attached hydrogen (secondary N) is 2. The van der Waals surface area contributed by atoms with E-state index in [2.05, 4.69) is 15.6 Å². The van der Waals surface area contributed by atoms with Crippen molar-refractivity contribution in [2.75, 3.05) is 25.0 Å². The summed E-state index contributed by atoms with van der Waals surface area (Å²) in [6.07, 6.45) is 0. The Bertz CT molecular complexity index is 493. The second kappa shape index (κ2) is 10.1. The number of carbonyl (C=O) groups excluding carboxylic acids is 1. The molecule has 0 aliphatic carbocycles. The minimum absolute atomic E-state index is 0. The number of urea groups is 1. The fourth-order valence-electron chi connectivity index (χ4n) is 2.15. The molecule has 0 unspecified atom stereocenters. The van der Waals surface area contributed by atoms with Gasteiger partial charge in [0.15, 0.2) is 0 Å². The van der Waals surface area contributed by atoms with Crippen molar-refractivity contribution in [1.82, 2.24) is 10.2 Å². The first-order chi connectivity index (χ1) is 10.0. The van der Waals surface area contributed by atoms with Gasteiger partial charge in [0.1, 0.15) is 0 Å². The number of hydrogen-bond acceptors (Lipinski definition) is 2. The Balaban J connectivity index is 0.00000441. The maximum absolute atomic E-state index is 12.2. The Labute approximate surface area is 139 Å². The van der Waals surface area contributed by atoms with Gasteiger partial charge < -0.3 is 10.2 Å². The van der Waals surface area contributed by atoms with Crippen molar-refractivity contribution in [1.29, 1.82) is 0 Å². The van der Waals surface area contributed by atoms with Crippen LogP contribution in [0.25, 0.3) is 0 Å². The zero-order valence-electron chi connectivity index (χ0n) is 14.1. The second-order valence-corrected chi connectivity index (χ2v) is 4.82. The first-order valence-electron chi connectivity index (χ1n) is 7.47. The maximum Gasteiger partial charge on any atom is 0.326 e. The number of para-hydroxylation sites is 1. The van der Waals surface area contributed by atoms with Gasteiger partial charge in [0.2, 0.25) is 5.96 Å². The van der Waals surface area contributed by atoms with Crippen LogP contribution in [0.2, 0.25) is 0 Å². The monoisotopic (exact) mass is 326 g/mol. The molecule has 0 heterocycles. The normalized spacial score (nSPS) is 10.7. The summed E-state index contributed by atoms with van der Waals surface area (Å²) in [5, 5.41) is 5.76. The Morgan fingerprint density at radius 1 is 1.14 bits per heavy atom. The van der Waals surface area contributed by atoms with Crippen molar-refractivity contribution in [3.63, 3.8) is 0 Å². The third-order valence-corrected chi connectivity index (χ3v) is 3.32. The first kappa shape index (κ1) is 20.2. The summed E-state index contributed by atoms with van der Waals surface area (Å²) < 4.78 is 0. The molecular formula is C16H27ClN4O. The van der Waals surface area contributed by atoms with Crippen LogP contribution in [-0.4, -0.2) is 36.5 Å². The van der Waals surface area contributed by atoms with Gasteiger partial charge in [-0.1, -0.05) is 18.2 Å². The molecule has 22 heavy (non-hydrogen) atoms. The van der Waals surface area contributed by atoms with E-state index in [1.165, 1.54) is 0 Å². The van der Waals surface area contributed by atoms with Gasteiger partial charge in [0.25, 0.3) is 0 Å². The number of amides is 2. The molecule has 0 aliphatic rings. The fourth-order valence-corrected chi connectivity index (χ4v) is 2.15. The van der Waals surface area contributed by atoms with Crippen LogP contribution < -0.4 is 10.6 Å². The molecule has 1 aromatic carbocycles. The van der Waals surface area contributed by atoms with Gasteiger partial charge in [0, 0.05) is 25.3 Å². The smallest absolute Gasteiger partial charge is 0.326 e. The molecule has 124 valence electrons. The summed E-state index contributed by atoms with van der Waals surface area (Å²) in [6, 6.07) is 5.68. The van der Waals surface area contributed by atoms with E-state index in [1.54, 1.807) is 0 Å². The minimum Gasteiger partial charge on any atom is -0.343 e. The van der Waals surface area contributed by atoms with E-state index >= 15 is 0 Å². The lowest BCUT2D eigenvalue weighted by molar-refractivity contribution is 0.254.